The first-order valence-corrected chi connectivity index (χ1v) is 9.50. The van der Waals surface area contributed by atoms with Gasteiger partial charge in [0.15, 0.2) is 5.75 Å². The Morgan fingerprint density at radius 1 is 1.18 bits per heavy atom. The molecule has 1 aliphatic rings. The van der Waals surface area contributed by atoms with Gasteiger partial charge in [-0.1, -0.05) is 37.3 Å². The van der Waals surface area contributed by atoms with E-state index in [4.69, 9.17) is 10.5 Å². The molecule has 1 unspecified atom stereocenters. The minimum Gasteiger partial charge on any atom is -0.483 e. The van der Waals surface area contributed by atoms with E-state index in [0.717, 1.165) is 31.2 Å². The molecule has 0 amide bonds. The van der Waals surface area contributed by atoms with Crippen LogP contribution >= 0.6 is 0 Å². The number of nitro benzene ring substituents is 1. The zero-order valence-corrected chi connectivity index (χ0v) is 15.7. The molecule has 7 heteroatoms. The summed E-state index contributed by atoms with van der Waals surface area (Å²) >= 11 is 0. The molecule has 1 aromatic heterocycles. The van der Waals surface area contributed by atoms with E-state index in [1.807, 2.05) is 37.3 Å². The molecule has 1 fully saturated rings. The largest absolute Gasteiger partial charge is 0.483 e. The van der Waals surface area contributed by atoms with Crippen molar-refractivity contribution in [1.29, 1.82) is 0 Å². The van der Waals surface area contributed by atoms with Crippen LogP contribution in [0.5, 0.6) is 5.75 Å². The van der Waals surface area contributed by atoms with Crippen molar-refractivity contribution in [1.82, 2.24) is 9.97 Å². The molecule has 0 spiro atoms. The number of aromatic nitrogens is 2. The number of hydrogen-bond donors (Lipinski definition) is 1. The first-order valence-electron chi connectivity index (χ1n) is 9.50. The van der Waals surface area contributed by atoms with Crippen LogP contribution in [0.3, 0.4) is 0 Å². The molecule has 2 aromatic carbocycles. The monoisotopic (exact) mass is 378 g/mol. The number of benzene rings is 2. The zero-order valence-electron chi connectivity index (χ0n) is 15.7. The third kappa shape index (κ3) is 3.47. The number of nitrogens with two attached hydrogens (primary N) is 1. The van der Waals surface area contributed by atoms with Gasteiger partial charge < -0.3 is 10.5 Å². The zero-order chi connectivity index (χ0) is 19.7. The topological polar surface area (TPSA) is 104 Å². The summed E-state index contributed by atoms with van der Waals surface area (Å²) in [6.07, 6.45) is 4.01. The number of rotatable bonds is 5. The van der Waals surface area contributed by atoms with Gasteiger partial charge >= 0.3 is 5.69 Å². The lowest BCUT2D eigenvalue weighted by Crippen LogP contribution is -2.12. The van der Waals surface area contributed by atoms with Crippen LogP contribution in [-0.2, 0) is 0 Å². The summed E-state index contributed by atoms with van der Waals surface area (Å²) in [6.45, 7) is 2.01. The van der Waals surface area contributed by atoms with E-state index in [0.29, 0.717) is 16.6 Å². The lowest BCUT2D eigenvalue weighted by Gasteiger charge is -2.17. The fourth-order valence-electron chi connectivity index (χ4n) is 3.84. The van der Waals surface area contributed by atoms with E-state index in [9.17, 15) is 10.1 Å². The van der Waals surface area contributed by atoms with Crippen LogP contribution in [0.1, 0.15) is 49.8 Å². The minimum absolute atomic E-state index is 0.0121. The van der Waals surface area contributed by atoms with Crippen molar-refractivity contribution in [3.8, 4) is 5.75 Å². The van der Waals surface area contributed by atoms with E-state index in [1.54, 1.807) is 6.07 Å². The second kappa shape index (κ2) is 7.42. The third-order valence-electron chi connectivity index (χ3n) is 5.33. The Kier molecular flexibility index (Phi) is 4.81. The van der Waals surface area contributed by atoms with Crippen LogP contribution < -0.4 is 10.5 Å². The van der Waals surface area contributed by atoms with Crippen molar-refractivity contribution in [2.24, 2.45) is 0 Å². The normalized spacial score (nSPS) is 15.6. The number of ether oxygens (including phenoxy) is 1. The van der Waals surface area contributed by atoms with Gasteiger partial charge in [0.2, 0.25) is 5.95 Å². The number of nitrogen functional groups attached to an aromatic ring is 1. The maximum absolute atomic E-state index is 11.7. The Morgan fingerprint density at radius 2 is 1.89 bits per heavy atom. The van der Waals surface area contributed by atoms with Crippen molar-refractivity contribution in [2.75, 3.05) is 5.73 Å². The quantitative estimate of drug-likeness (QED) is 0.514. The van der Waals surface area contributed by atoms with E-state index in [2.05, 4.69) is 9.97 Å². The molecule has 1 aliphatic carbocycles. The highest BCUT2D eigenvalue weighted by atomic mass is 16.6. The van der Waals surface area contributed by atoms with Gasteiger partial charge in [-0.3, -0.25) is 10.1 Å². The maximum atomic E-state index is 11.7. The van der Waals surface area contributed by atoms with Crippen LogP contribution in [0.15, 0.2) is 42.5 Å². The Balaban J connectivity index is 1.85. The molecule has 28 heavy (non-hydrogen) atoms. The van der Waals surface area contributed by atoms with Gasteiger partial charge in [-0.2, -0.15) is 0 Å². The number of nitro groups is 1. The van der Waals surface area contributed by atoms with Crippen LogP contribution in [0.25, 0.3) is 10.9 Å². The summed E-state index contributed by atoms with van der Waals surface area (Å²) in [6, 6.07) is 13.0. The van der Waals surface area contributed by atoms with Crippen molar-refractivity contribution >= 4 is 22.5 Å². The lowest BCUT2D eigenvalue weighted by atomic mass is 9.94. The average Bonchev–Trinajstić information content (AvgIpc) is 3.19. The SMILES string of the molecule is CC(c1ccccc1)c1nc(N)nc2cc(OC3CCCC3)c([N+](=O)[O-])cc12. The minimum atomic E-state index is -0.406. The summed E-state index contributed by atoms with van der Waals surface area (Å²) in [5, 5.41) is 12.3. The molecule has 7 nitrogen and oxygen atoms in total. The van der Waals surface area contributed by atoms with Crippen LogP contribution in [0.4, 0.5) is 11.6 Å². The molecular formula is C21H22N4O3. The maximum Gasteiger partial charge on any atom is 0.311 e. The highest BCUT2D eigenvalue weighted by Gasteiger charge is 2.25. The van der Waals surface area contributed by atoms with Gasteiger partial charge in [0.1, 0.15) is 0 Å². The predicted molar refractivity (Wildman–Crippen MR) is 107 cm³/mol. The van der Waals surface area contributed by atoms with E-state index in [1.165, 1.54) is 6.07 Å². The van der Waals surface area contributed by atoms with E-state index < -0.39 is 4.92 Å². The van der Waals surface area contributed by atoms with Gasteiger partial charge in [-0.05, 0) is 31.2 Å². The number of nitrogens with zero attached hydrogens (tertiary/aromatic N) is 3. The van der Waals surface area contributed by atoms with Gasteiger partial charge in [0, 0.05) is 23.4 Å². The molecule has 0 saturated heterocycles. The number of hydrogen-bond acceptors (Lipinski definition) is 6. The van der Waals surface area contributed by atoms with Crippen molar-refractivity contribution in [2.45, 2.75) is 44.6 Å². The summed E-state index contributed by atoms with van der Waals surface area (Å²) in [7, 11) is 0. The lowest BCUT2D eigenvalue weighted by molar-refractivity contribution is -0.385. The third-order valence-corrected chi connectivity index (χ3v) is 5.33. The van der Waals surface area contributed by atoms with Gasteiger partial charge in [-0.25, -0.2) is 9.97 Å². The molecule has 4 rings (SSSR count). The fourth-order valence-corrected chi connectivity index (χ4v) is 3.84. The highest BCUT2D eigenvalue weighted by Crippen LogP contribution is 2.38. The molecule has 0 bridgehead atoms. The summed E-state index contributed by atoms with van der Waals surface area (Å²) in [4.78, 5) is 20.0. The molecule has 1 saturated carbocycles. The second-order valence-electron chi connectivity index (χ2n) is 7.22. The van der Waals surface area contributed by atoms with Gasteiger partial charge in [0.25, 0.3) is 0 Å². The van der Waals surface area contributed by atoms with Crippen LogP contribution in [0.2, 0.25) is 0 Å². The molecule has 2 N–H and O–H groups in total. The Hall–Kier alpha value is -3.22. The predicted octanol–water partition coefficient (Wildman–Crippen LogP) is 4.59. The van der Waals surface area contributed by atoms with Crippen LogP contribution in [0, 0.1) is 10.1 Å². The van der Waals surface area contributed by atoms with Crippen LogP contribution in [-0.4, -0.2) is 21.0 Å². The fraction of sp³-hybridized carbons (Fsp3) is 0.333. The Bertz CT molecular complexity index is 1020. The first kappa shape index (κ1) is 18.2. The first-order chi connectivity index (χ1) is 13.5. The highest BCUT2D eigenvalue weighted by molar-refractivity contribution is 5.87. The van der Waals surface area contributed by atoms with E-state index >= 15 is 0 Å². The van der Waals surface area contributed by atoms with Crippen molar-refractivity contribution < 1.29 is 9.66 Å². The summed E-state index contributed by atoms with van der Waals surface area (Å²) in [5.41, 5.74) is 8.18. The average molecular weight is 378 g/mol. The molecule has 1 atom stereocenters. The summed E-state index contributed by atoms with van der Waals surface area (Å²) in [5.74, 6) is 0.307. The Morgan fingerprint density at radius 3 is 2.57 bits per heavy atom. The molecule has 0 radical (unpaired) electrons. The molecule has 3 aromatic rings. The molecule has 0 aliphatic heterocycles. The molecule has 144 valence electrons. The number of fused-ring (bicyclic) bond motifs is 1. The summed E-state index contributed by atoms with van der Waals surface area (Å²) < 4.78 is 5.96. The number of anilines is 1. The van der Waals surface area contributed by atoms with Crippen molar-refractivity contribution in [3.63, 3.8) is 0 Å². The molecule has 1 heterocycles. The van der Waals surface area contributed by atoms with Gasteiger partial charge in [0.05, 0.1) is 22.2 Å². The second-order valence-corrected chi connectivity index (χ2v) is 7.22. The van der Waals surface area contributed by atoms with Gasteiger partial charge in [-0.15, -0.1) is 0 Å². The van der Waals surface area contributed by atoms with E-state index in [-0.39, 0.29) is 29.4 Å². The molecular weight excluding hydrogens is 356 g/mol. The smallest absolute Gasteiger partial charge is 0.311 e. The standard InChI is InChI=1S/C21H22N4O3/c1-13(14-7-3-2-4-8-14)20-16-11-18(25(26)27)19(28-15-9-5-6-10-15)12-17(16)23-21(22)24-20/h2-4,7-8,11-13,15H,5-6,9-10H2,1H3,(H2,22,23,24). The van der Waals surface area contributed by atoms with Crippen molar-refractivity contribution in [3.05, 3.63) is 63.8 Å². The Labute approximate surface area is 162 Å².